The van der Waals surface area contributed by atoms with Crippen molar-refractivity contribution in [3.63, 3.8) is 0 Å². The minimum Gasteiger partial charge on any atom is -0.277 e. The van der Waals surface area contributed by atoms with E-state index in [4.69, 9.17) is 0 Å². The summed E-state index contributed by atoms with van der Waals surface area (Å²) in [7, 11) is 0. The highest BCUT2D eigenvalue weighted by atomic mass is 16.2. The van der Waals surface area contributed by atoms with Crippen LogP contribution < -0.4 is 21.3 Å². The third-order valence-corrected chi connectivity index (χ3v) is 5.77. The first-order valence-corrected chi connectivity index (χ1v) is 10.5. The molecule has 0 saturated carbocycles. The molecular weight excluding hydrogens is 392 g/mol. The van der Waals surface area contributed by atoms with Crippen molar-refractivity contribution in [2.24, 2.45) is 10.8 Å². The molecule has 4 N–H and O–H groups in total. The Morgan fingerprint density at radius 2 is 0.800 bits per heavy atom. The van der Waals surface area contributed by atoms with E-state index >= 15 is 0 Å². The van der Waals surface area contributed by atoms with Crippen LogP contribution in [-0.4, -0.2) is 35.7 Å². The number of hydrogen-bond acceptors (Lipinski definition) is 6. The number of unbranched alkanes of at least 4 members (excludes halogenated alkanes) is 2. The van der Waals surface area contributed by atoms with E-state index in [2.05, 4.69) is 21.3 Å². The van der Waals surface area contributed by atoms with Gasteiger partial charge in [0.2, 0.25) is 23.6 Å². The molecule has 2 heterocycles. The quantitative estimate of drug-likeness (QED) is 0.437. The summed E-state index contributed by atoms with van der Waals surface area (Å²) in [6, 6.07) is -1.43. The lowest BCUT2D eigenvalue weighted by Gasteiger charge is -2.32. The van der Waals surface area contributed by atoms with Crippen molar-refractivity contribution in [1.82, 2.24) is 21.3 Å². The van der Waals surface area contributed by atoms with E-state index < -0.39 is 46.5 Å². The highest BCUT2D eigenvalue weighted by Crippen LogP contribution is 2.32. The van der Waals surface area contributed by atoms with Crippen LogP contribution in [0.1, 0.15) is 79.1 Å². The Balaban J connectivity index is 0.000000300. The van der Waals surface area contributed by atoms with Gasteiger partial charge in [-0.05, 0) is 25.7 Å². The number of barbiturate groups is 2. The molecule has 2 fully saturated rings. The van der Waals surface area contributed by atoms with Gasteiger partial charge in [0.05, 0.1) is 0 Å². The van der Waals surface area contributed by atoms with Crippen LogP contribution in [0.2, 0.25) is 0 Å². The Hall–Kier alpha value is -2.78. The standard InChI is InChI=1S/2C10H16N2O3/c2*1-3-5-6-10(4-2)7(13)11-9(15)12-8(10)14/h2*3-6H2,1-2H3,(H2,11,12,13,14,15). The molecule has 10 nitrogen and oxygen atoms in total. The molecule has 0 aliphatic carbocycles. The highest BCUT2D eigenvalue weighted by Gasteiger charge is 2.49. The van der Waals surface area contributed by atoms with Gasteiger partial charge in [-0.1, -0.05) is 53.4 Å². The Bertz CT molecular complexity index is 618. The van der Waals surface area contributed by atoms with Gasteiger partial charge in [-0.25, -0.2) is 9.59 Å². The normalized spacial score (nSPS) is 19.7. The number of carbonyl (C=O) groups is 6. The highest BCUT2D eigenvalue weighted by molar-refractivity contribution is 6.19. The van der Waals surface area contributed by atoms with Crippen molar-refractivity contribution in [1.29, 1.82) is 0 Å². The van der Waals surface area contributed by atoms with Gasteiger partial charge in [0.1, 0.15) is 10.8 Å². The summed E-state index contributed by atoms with van der Waals surface area (Å²) in [5.74, 6) is -1.86. The molecule has 10 heteroatoms. The third kappa shape index (κ3) is 5.22. The van der Waals surface area contributed by atoms with E-state index in [1.54, 1.807) is 13.8 Å². The fourth-order valence-electron chi connectivity index (χ4n) is 3.57. The molecule has 2 saturated heterocycles. The predicted molar refractivity (Wildman–Crippen MR) is 108 cm³/mol. The molecule has 0 bridgehead atoms. The zero-order valence-electron chi connectivity index (χ0n) is 18.1. The molecule has 0 aromatic heterocycles. The molecule has 0 spiro atoms. The van der Waals surface area contributed by atoms with Gasteiger partial charge >= 0.3 is 12.1 Å². The second-order valence-corrected chi connectivity index (χ2v) is 7.55. The third-order valence-electron chi connectivity index (χ3n) is 5.77. The Kier molecular flexibility index (Phi) is 9.13. The van der Waals surface area contributed by atoms with Crippen molar-refractivity contribution < 1.29 is 28.8 Å². The summed E-state index contributed by atoms with van der Waals surface area (Å²) in [5.41, 5.74) is -2.10. The van der Waals surface area contributed by atoms with E-state index in [0.717, 1.165) is 25.7 Å². The minimum absolute atomic E-state index is 0.415. The SMILES string of the molecule is CCCCC1(CC)C(=O)NC(=O)NC1=O.CCCCC1(CC)C(=O)NC(=O)NC1=O. The topological polar surface area (TPSA) is 151 Å². The second kappa shape index (κ2) is 10.8. The maximum atomic E-state index is 11.7. The molecule has 0 aromatic carbocycles. The molecule has 0 radical (unpaired) electrons. The summed E-state index contributed by atoms with van der Waals surface area (Å²) in [4.78, 5) is 68.5. The van der Waals surface area contributed by atoms with E-state index in [9.17, 15) is 28.8 Å². The van der Waals surface area contributed by atoms with E-state index in [1.165, 1.54) is 0 Å². The fourth-order valence-corrected chi connectivity index (χ4v) is 3.57. The predicted octanol–water partition coefficient (Wildman–Crippen LogP) is 1.88. The van der Waals surface area contributed by atoms with Crippen LogP contribution in [0.5, 0.6) is 0 Å². The number of carbonyl (C=O) groups excluding carboxylic acids is 6. The molecule has 0 unspecified atom stereocenters. The number of amides is 8. The Morgan fingerprint density at radius 3 is 1.00 bits per heavy atom. The van der Waals surface area contributed by atoms with Gasteiger partial charge in [0.25, 0.3) is 0 Å². The van der Waals surface area contributed by atoms with Crippen molar-refractivity contribution in [2.75, 3.05) is 0 Å². The van der Waals surface area contributed by atoms with Gasteiger partial charge in [-0.2, -0.15) is 0 Å². The number of nitrogens with one attached hydrogen (secondary N) is 4. The van der Waals surface area contributed by atoms with Gasteiger partial charge in [0, 0.05) is 0 Å². The molecule has 30 heavy (non-hydrogen) atoms. The summed E-state index contributed by atoms with van der Waals surface area (Å²) >= 11 is 0. The maximum Gasteiger partial charge on any atom is 0.328 e. The van der Waals surface area contributed by atoms with E-state index in [1.807, 2.05) is 13.8 Å². The fraction of sp³-hybridized carbons (Fsp3) is 0.700. The van der Waals surface area contributed by atoms with E-state index in [0.29, 0.717) is 25.7 Å². The zero-order chi connectivity index (χ0) is 22.9. The first-order valence-electron chi connectivity index (χ1n) is 10.5. The van der Waals surface area contributed by atoms with Crippen LogP contribution in [-0.2, 0) is 19.2 Å². The number of urea groups is 2. The number of hydrogen-bond donors (Lipinski definition) is 4. The van der Waals surface area contributed by atoms with Gasteiger partial charge in [-0.3, -0.25) is 40.4 Å². The van der Waals surface area contributed by atoms with Crippen LogP contribution in [0.15, 0.2) is 0 Å². The summed E-state index contributed by atoms with van der Waals surface area (Å²) in [5, 5.41) is 8.60. The second-order valence-electron chi connectivity index (χ2n) is 7.55. The van der Waals surface area contributed by atoms with Crippen LogP contribution in [0.4, 0.5) is 9.59 Å². The molecule has 2 aliphatic heterocycles. The van der Waals surface area contributed by atoms with Crippen molar-refractivity contribution in [2.45, 2.75) is 79.1 Å². The van der Waals surface area contributed by atoms with E-state index in [-0.39, 0.29) is 0 Å². The summed E-state index contributed by atoms with van der Waals surface area (Å²) < 4.78 is 0. The molecule has 168 valence electrons. The Morgan fingerprint density at radius 1 is 0.533 bits per heavy atom. The molecule has 0 aromatic rings. The first-order chi connectivity index (χ1) is 14.1. The lowest BCUT2D eigenvalue weighted by atomic mass is 9.77. The molecule has 0 atom stereocenters. The molecule has 2 rings (SSSR count). The molecular formula is C20H32N4O6. The maximum absolute atomic E-state index is 11.7. The van der Waals surface area contributed by atoms with Crippen LogP contribution >= 0.6 is 0 Å². The molecule has 2 aliphatic rings. The minimum atomic E-state index is -1.05. The average molecular weight is 424 g/mol. The van der Waals surface area contributed by atoms with Gasteiger partial charge in [0.15, 0.2) is 0 Å². The van der Waals surface area contributed by atoms with Crippen molar-refractivity contribution >= 4 is 35.7 Å². The Labute approximate surface area is 176 Å². The van der Waals surface area contributed by atoms with Gasteiger partial charge in [-0.15, -0.1) is 0 Å². The summed E-state index contributed by atoms with van der Waals surface area (Å²) in [6.45, 7) is 7.55. The van der Waals surface area contributed by atoms with Gasteiger partial charge < -0.3 is 0 Å². The lowest BCUT2D eigenvalue weighted by Crippen LogP contribution is -2.62. The van der Waals surface area contributed by atoms with Crippen molar-refractivity contribution in [3.8, 4) is 0 Å². The summed E-state index contributed by atoms with van der Waals surface area (Å²) in [6.07, 6.45) is 5.23. The largest absolute Gasteiger partial charge is 0.328 e. The molecule has 8 amide bonds. The number of imide groups is 4. The lowest BCUT2D eigenvalue weighted by molar-refractivity contribution is -0.146. The van der Waals surface area contributed by atoms with Crippen LogP contribution in [0.3, 0.4) is 0 Å². The van der Waals surface area contributed by atoms with Crippen LogP contribution in [0, 0.1) is 10.8 Å². The van der Waals surface area contributed by atoms with Crippen molar-refractivity contribution in [3.05, 3.63) is 0 Å². The monoisotopic (exact) mass is 424 g/mol. The van der Waals surface area contributed by atoms with Crippen LogP contribution in [0.25, 0.3) is 0 Å². The zero-order valence-corrected chi connectivity index (χ0v) is 18.1. The average Bonchev–Trinajstić information content (AvgIpc) is 2.68. The first kappa shape index (κ1) is 25.3. The number of rotatable bonds is 8. The smallest absolute Gasteiger partial charge is 0.277 e.